The Kier molecular flexibility index (Phi) is 1.87. The molecule has 16 heavy (non-hydrogen) atoms. The van der Waals surface area contributed by atoms with Gasteiger partial charge in [0.25, 0.3) is 0 Å². The number of hydrogen-bond donors (Lipinski definition) is 1. The van der Waals surface area contributed by atoms with Crippen molar-refractivity contribution in [1.29, 1.82) is 0 Å². The number of nitrogen functional groups attached to an aromatic ring is 1. The van der Waals surface area contributed by atoms with E-state index in [1.54, 1.807) is 0 Å². The first-order valence-corrected chi connectivity index (χ1v) is 5.63. The number of benzene rings is 2. The predicted octanol–water partition coefficient (Wildman–Crippen LogP) is 3.23. The van der Waals surface area contributed by atoms with Crippen molar-refractivity contribution in [2.75, 3.05) is 12.3 Å². The fourth-order valence-electron chi connectivity index (χ4n) is 2.53. The Morgan fingerprint density at radius 3 is 2.81 bits per heavy atom. The van der Waals surface area contributed by atoms with Crippen LogP contribution in [0.2, 0.25) is 0 Å². The molecule has 0 spiro atoms. The van der Waals surface area contributed by atoms with Crippen LogP contribution in [0.4, 0.5) is 5.69 Å². The summed E-state index contributed by atoms with van der Waals surface area (Å²) < 4.78 is 5.76. The van der Waals surface area contributed by atoms with Crippen LogP contribution in [0.5, 0.6) is 5.75 Å². The third kappa shape index (κ3) is 1.13. The first kappa shape index (κ1) is 9.52. The topological polar surface area (TPSA) is 35.2 Å². The van der Waals surface area contributed by atoms with Gasteiger partial charge in [-0.2, -0.15) is 0 Å². The normalized spacial score (nSPS) is 18.5. The molecule has 1 unspecified atom stereocenters. The van der Waals surface area contributed by atoms with E-state index >= 15 is 0 Å². The Balaban J connectivity index is 2.52. The lowest BCUT2D eigenvalue weighted by Gasteiger charge is -2.25. The molecule has 0 fully saturated rings. The fourth-order valence-corrected chi connectivity index (χ4v) is 2.53. The monoisotopic (exact) mass is 213 g/mol. The highest BCUT2D eigenvalue weighted by Gasteiger charge is 2.21. The minimum absolute atomic E-state index is 0.442. The van der Waals surface area contributed by atoms with E-state index in [0.717, 1.165) is 23.4 Å². The van der Waals surface area contributed by atoms with E-state index in [0.29, 0.717) is 5.92 Å². The molecule has 2 aromatic carbocycles. The first-order chi connectivity index (χ1) is 7.68. The zero-order chi connectivity index (χ0) is 11.3. The molecular weight excluding hydrogens is 198 g/mol. The molecule has 2 heteroatoms. The molecule has 82 valence electrons. The van der Waals surface area contributed by atoms with Gasteiger partial charge in [-0.25, -0.2) is 0 Å². The van der Waals surface area contributed by atoms with E-state index in [9.17, 15) is 0 Å². The molecule has 1 aliphatic heterocycles. The van der Waals surface area contributed by atoms with E-state index in [1.807, 2.05) is 12.1 Å². The number of hydrogen-bond acceptors (Lipinski definition) is 2. The summed E-state index contributed by atoms with van der Waals surface area (Å²) in [7, 11) is 0. The first-order valence-electron chi connectivity index (χ1n) is 5.63. The van der Waals surface area contributed by atoms with Gasteiger partial charge in [-0.15, -0.1) is 0 Å². The molecule has 1 heterocycles. The van der Waals surface area contributed by atoms with Crippen LogP contribution in [0.3, 0.4) is 0 Å². The highest BCUT2D eigenvalue weighted by Crippen LogP contribution is 2.41. The molecule has 0 saturated heterocycles. The Morgan fingerprint density at radius 1 is 1.19 bits per heavy atom. The SMILES string of the molecule is Cc1ccc2c3c(ccc(N)c13)OCC2C. The lowest BCUT2D eigenvalue weighted by Crippen LogP contribution is -2.13. The molecule has 0 aromatic heterocycles. The second-order valence-corrected chi connectivity index (χ2v) is 4.59. The van der Waals surface area contributed by atoms with Crippen LogP contribution in [-0.4, -0.2) is 6.61 Å². The number of anilines is 1. The maximum Gasteiger partial charge on any atom is 0.127 e. The molecule has 0 bridgehead atoms. The number of rotatable bonds is 0. The van der Waals surface area contributed by atoms with Crippen LogP contribution >= 0.6 is 0 Å². The summed E-state index contributed by atoms with van der Waals surface area (Å²) in [5.74, 6) is 1.42. The average molecular weight is 213 g/mol. The van der Waals surface area contributed by atoms with E-state index in [4.69, 9.17) is 10.5 Å². The molecule has 1 atom stereocenters. The van der Waals surface area contributed by atoms with Gasteiger partial charge in [0.05, 0.1) is 6.61 Å². The van der Waals surface area contributed by atoms with Crippen molar-refractivity contribution in [2.45, 2.75) is 19.8 Å². The Labute approximate surface area is 95.0 Å². The molecule has 3 rings (SSSR count). The summed E-state index contributed by atoms with van der Waals surface area (Å²) in [5, 5.41) is 2.36. The van der Waals surface area contributed by atoms with Crippen molar-refractivity contribution < 1.29 is 4.74 Å². The number of ether oxygens (including phenoxy) is 1. The van der Waals surface area contributed by atoms with Gasteiger partial charge in [0.15, 0.2) is 0 Å². The van der Waals surface area contributed by atoms with Gasteiger partial charge in [0.1, 0.15) is 5.75 Å². The summed E-state index contributed by atoms with van der Waals surface area (Å²) >= 11 is 0. The lowest BCUT2D eigenvalue weighted by atomic mass is 9.90. The third-order valence-electron chi connectivity index (χ3n) is 3.41. The molecule has 0 aliphatic carbocycles. The second kappa shape index (κ2) is 3.14. The van der Waals surface area contributed by atoms with Crippen molar-refractivity contribution in [1.82, 2.24) is 0 Å². The zero-order valence-electron chi connectivity index (χ0n) is 9.58. The van der Waals surface area contributed by atoms with Crippen LogP contribution in [0.1, 0.15) is 24.0 Å². The molecule has 2 aromatic rings. The van der Waals surface area contributed by atoms with Crippen molar-refractivity contribution >= 4 is 16.5 Å². The van der Waals surface area contributed by atoms with Crippen LogP contribution in [0.25, 0.3) is 10.8 Å². The van der Waals surface area contributed by atoms with Crippen molar-refractivity contribution in [3.05, 3.63) is 35.4 Å². The predicted molar refractivity (Wildman–Crippen MR) is 67.0 cm³/mol. The molecule has 0 saturated carbocycles. The van der Waals surface area contributed by atoms with Crippen molar-refractivity contribution in [3.8, 4) is 5.75 Å². The third-order valence-corrected chi connectivity index (χ3v) is 3.41. The van der Waals surface area contributed by atoms with Crippen LogP contribution in [0.15, 0.2) is 24.3 Å². The van der Waals surface area contributed by atoms with Gasteiger partial charge in [0, 0.05) is 22.4 Å². The maximum absolute atomic E-state index is 6.06. The van der Waals surface area contributed by atoms with Crippen LogP contribution < -0.4 is 10.5 Å². The number of nitrogens with two attached hydrogens (primary N) is 1. The van der Waals surface area contributed by atoms with E-state index in [-0.39, 0.29) is 0 Å². The quantitative estimate of drug-likeness (QED) is 0.682. The lowest BCUT2D eigenvalue weighted by molar-refractivity contribution is 0.290. The summed E-state index contributed by atoms with van der Waals surface area (Å²) in [4.78, 5) is 0. The van der Waals surface area contributed by atoms with Crippen LogP contribution in [-0.2, 0) is 0 Å². The van der Waals surface area contributed by atoms with Gasteiger partial charge in [-0.05, 0) is 30.2 Å². The zero-order valence-corrected chi connectivity index (χ0v) is 9.58. The maximum atomic E-state index is 6.06. The Hall–Kier alpha value is -1.70. The minimum Gasteiger partial charge on any atom is -0.492 e. The molecule has 0 amide bonds. The van der Waals surface area contributed by atoms with Crippen molar-refractivity contribution in [3.63, 3.8) is 0 Å². The van der Waals surface area contributed by atoms with E-state index < -0.39 is 0 Å². The van der Waals surface area contributed by atoms with Gasteiger partial charge >= 0.3 is 0 Å². The minimum atomic E-state index is 0.442. The second-order valence-electron chi connectivity index (χ2n) is 4.59. The van der Waals surface area contributed by atoms with Crippen molar-refractivity contribution in [2.24, 2.45) is 0 Å². The summed E-state index contributed by atoms with van der Waals surface area (Å²) in [6.07, 6.45) is 0. The molecule has 1 aliphatic rings. The van der Waals surface area contributed by atoms with E-state index in [1.165, 1.54) is 16.5 Å². The van der Waals surface area contributed by atoms with Crippen LogP contribution in [0, 0.1) is 6.92 Å². The van der Waals surface area contributed by atoms with Gasteiger partial charge in [-0.3, -0.25) is 0 Å². The van der Waals surface area contributed by atoms with Gasteiger partial charge in [-0.1, -0.05) is 19.1 Å². The largest absolute Gasteiger partial charge is 0.492 e. The Bertz CT molecular complexity index is 566. The Morgan fingerprint density at radius 2 is 2.00 bits per heavy atom. The molecule has 2 nitrogen and oxygen atoms in total. The van der Waals surface area contributed by atoms with Gasteiger partial charge < -0.3 is 10.5 Å². The highest BCUT2D eigenvalue weighted by atomic mass is 16.5. The summed E-state index contributed by atoms with van der Waals surface area (Å²) in [6, 6.07) is 8.27. The summed E-state index contributed by atoms with van der Waals surface area (Å²) in [6.45, 7) is 5.05. The smallest absolute Gasteiger partial charge is 0.127 e. The number of aryl methyl sites for hydroxylation is 1. The molecule has 2 N–H and O–H groups in total. The molecule has 0 radical (unpaired) electrons. The molecular formula is C14H15NO. The van der Waals surface area contributed by atoms with Gasteiger partial charge in [0.2, 0.25) is 0 Å². The summed E-state index contributed by atoms with van der Waals surface area (Å²) in [5.41, 5.74) is 9.48. The van der Waals surface area contributed by atoms with E-state index in [2.05, 4.69) is 26.0 Å². The highest BCUT2D eigenvalue weighted by molar-refractivity contribution is 6.02. The fraction of sp³-hybridized carbons (Fsp3) is 0.286. The average Bonchev–Trinajstić information content (AvgIpc) is 2.27. The standard InChI is InChI=1S/C14H15NO/c1-8-3-4-10-9(2)7-16-12-6-5-11(15)13(8)14(10)12/h3-6,9H,7,15H2,1-2H3.